The summed E-state index contributed by atoms with van der Waals surface area (Å²) in [7, 11) is 0. The van der Waals surface area contributed by atoms with Crippen LogP contribution in [0, 0.1) is 6.92 Å². The first-order valence-electron chi connectivity index (χ1n) is 6.13. The maximum absolute atomic E-state index is 12.0. The first-order valence-corrected chi connectivity index (χ1v) is 6.13. The number of carbonyl (C=O) groups is 1. The Kier molecular flexibility index (Phi) is 2.83. The molecular weight excluding hydrogens is 240 g/mol. The normalized spacial score (nSPS) is 17.9. The molecule has 1 amide bonds. The van der Waals surface area contributed by atoms with E-state index in [0.29, 0.717) is 5.56 Å². The van der Waals surface area contributed by atoms with Gasteiger partial charge in [0.25, 0.3) is 5.91 Å². The molecular formula is C15H14N2O2. The van der Waals surface area contributed by atoms with Crippen LogP contribution in [-0.2, 0) is 0 Å². The van der Waals surface area contributed by atoms with Crippen molar-refractivity contribution in [2.24, 2.45) is 0 Å². The van der Waals surface area contributed by atoms with Gasteiger partial charge in [0.2, 0.25) is 0 Å². The summed E-state index contributed by atoms with van der Waals surface area (Å²) < 4.78 is 5.22. The summed E-state index contributed by atoms with van der Waals surface area (Å²) in [6.07, 6.45) is 5.09. The molecule has 96 valence electrons. The Bertz CT molecular complexity index is 630. The fraction of sp³-hybridized carbons (Fsp3) is 0.133. The highest BCUT2D eigenvalue weighted by atomic mass is 16.3. The fourth-order valence-corrected chi connectivity index (χ4v) is 2.13. The van der Waals surface area contributed by atoms with Crippen molar-refractivity contribution in [2.45, 2.75) is 13.1 Å². The second kappa shape index (κ2) is 4.65. The summed E-state index contributed by atoms with van der Waals surface area (Å²) in [5, 5.41) is 6.18. The largest absolute Gasteiger partial charge is 0.465 e. The molecule has 1 aromatic carbocycles. The summed E-state index contributed by atoms with van der Waals surface area (Å²) in [5.41, 5.74) is 2.63. The molecule has 4 heteroatoms. The van der Waals surface area contributed by atoms with Crippen molar-refractivity contribution in [3.8, 4) is 0 Å². The van der Waals surface area contributed by atoms with E-state index < -0.39 is 0 Å². The van der Waals surface area contributed by atoms with E-state index in [1.165, 1.54) is 0 Å². The van der Waals surface area contributed by atoms with Crippen LogP contribution in [0.3, 0.4) is 0 Å². The molecule has 19 heavy (non-hydrogen) atoms. The molecule has 0 fully saturated rings. The molecule has 2 heterocycles. The van der Waals surface area contributed by atoms with Gasteiger partial charge in [-0.05, 0) is 42.8 Å². The smallest absolute Gasteiger partial charge is 0.255 e. The number of nitrogens with one attached hydrogen (secondary N) is 2. The van der Waals surface area contributed by atoms with Crippen LogP contribution >= 0.6 is 0 Å². The van der Waals surface area contributed by atoms with E-state index in [1.807, 2.05) is 49.4 Å². The number of hydrogen-bond donors (Lipinski definition) is 2. The Morgan fingerprint density at radius 3 is 2.89 bits per heavy atom. The molecule has 0 aliphatic carbocycles. The van der Waals surface area contributed by atoms with Crippen LogP contribution in [0.5, 0.6) is 0 Å². The summed E-state index contributed by atoms with van der Waals surface area (Å²) in [6.45, 7) is 1.98. The molecule has 3 rings (SSSR count). The van der Waals surface area contributed by atoms with Gasteiger partial charge in [-0.15, -0.1) is 0 Å². The van der Waals surface area contributed by atoms with Crippen molar-refractivity contribution in [3.05, 3.63) is 59.6 Å². The number of carbonyl (C=O) groups excluding carboxylic acids is 1. The molecule has 0 saturated heterocycles. The molecule has 4 nitrogen and oxygen atoms in total. The molecule has 1 atom stereocenters. The van der Waals surface area contributed by atoms with Gasteiger partial charge in [-0.2, -0.15) is 0 Å². The van der Waals surface area contributed by atoms with E-state index in [2.05, 4.69) is 10.6 Å². The van der Waals surface area contributed by atoms with Gasteiger partial charge in [0.15, 0.2) is 0 Å². The first kappa shape index (κ1) is 11.6. The van der Waals surface area contributed by atoms with Crippen LogP contribution in [0.15, 0.2) is 47.1 Å². The molecule has 0 unspecified atom stereocenters. The number of benzene rings is 1. The van der Waals surface area contributed by atoms with Crippen LogP contribution in [-0.4, -0.2) is 12.1 Å². The summed E-state index contributed by atoms with van der Waals surface area (Å²) in [6, 6.07) is 9.37. The standard InChI is InChI=1S/C15H14N2O2/c1-10-4-2-6-12-14(10)16-13(17-15(12)18)8-7-11-5-3-9-19-11/h2-9,13,16H,1H3,(H,17,18)/b8-7-/t13-/m1/s1. The number of anilines is 1. The van der Waals surface area contributed by atoms with E-state index in [4.69, 9.17) is 4.42 Å². The lowest BCUT2D eigenvalue weighted by molar-refractivity contribution is 0.0943. The van der Waals surface area contributed by atoms with E-state index in [1.54, 1.807) is 6.26 Å². The maximum atomic E-state index is 12.0. The van der Waals surface area contributed by atoms with E-state index in [-0.39, 0.29) is 12.1 Å². The van der Waals surface area contributed by atoms with Gasteiger partial charge >= 0.3 is 0 Å². The number of fused-ring (bicyclic) bond motifs is 1. The second-order valence-corrected chi connectivity index (χ2v) is 4.47. The average Bonchev–Trinajstić information content (AvgIpc) is 2.91. The van der Waals surface area contributed by atoms with Gasteiger partial charge in [0, 0.05) is 0 Å². The van der Waals surface area contributed by atoms with Crippen molar-refractivity contribution in [3.63, 3.8) is 0 Å². The number of rotatable bonds is 2. The molecule has 0 radical (unpaired) electrons. The quantitative estimate of drug-likeness (QED) is 0.866. The zero-order chi connectivity index (χ0) is 13.2. The average molecular weight is 254 g/mol. The Morgan fingerprint density at radius 1 is 1.21 bits per heavy atom. The predicted octanol–water partition coefficient (Wildman–Crippen LogP) is 2.78. The van der Waals surface area contributed by atoms with Crippen molar-refractivity contribution in [1.82, 2.24) is 5.32 Å². The van der Waals surface area contributed by atoms with E-state index in [0.717, 1.165) is 17.0 Å². The minimum atomic E-state index is -0.230. The third kappa shape index (κ3) is 2.25. The number of aryl methyl sites for hydroxylation is 1. The summed E-state index contributed by atoms with van der Waals surface area (Å²) >= 11 is 0. The Morgan fingerprint density at radius 2 is 2.11 bits per heavy atom. The van der Waals surface area contributed by atoms with Crippen LogP contribution in [0.25, 0.3) is 6.08 Å². The molecule has 1 aliphatic heterocycles. The van der Waals surface area contributed by atoms with Gasteiger partial charge in [-0.1, -0.05) is 12.1 Å². The second-order valence-electron chi connectivity index (χ2n) is 4.47. The number of amides is 1. The predicted molar refractivity (Wildman–Crippen MR) is 73.8 cm³/mol. The van der Waals surface area contributed by atoms with E-state index >= 15 is 0 Å². The molecule has 2 N–H and O–H groups in total. The van der Waals surface area contributed by atoms with Gasteiger partial charge in [0.05, 0.1) is 17.5 Å². The van der Waals surface area contributed by atoms with Crippen LogP contribution in [0.4, 0.5) is 5.69 Å². The van der Waals surface area contributed by atoms with Crippen molar-refractivity contribution < 1.29 is 9.21 Å². The van der Waals surface area contributed by atoms with Gasteiger partial charge in [-0.3, -0.25) is 4.79 Å². The number of hydrogen-bond acceptors (Lipinski definition) is 3. The van der Waals surface area contributed by atoms with Crippen LogP contribution in [0.1, 0.15) is 21.7 Å². The van der Waals surface area contributed by atoms with Crippen LogP contribution < -0.4 is 10.6 Å². The first-order chi connectivity index (χ1) is 9.24. The summed E-state index contributed by atoms with van der Waals surface area (Å²) in [5.74, 6) is 0.693. The van der Waals surface area contributed by atoms with Gasteiger partial charge in [0.1, 0.15) is 11.9 Å². The fourth-order valence-electron chi connectivity index (χ4n) is 2.13. The molecule has 0 spiro atoms. The maximum Gasteiger partial charge on any atom is 0.255 e. The number of para-hydroxylation sites is 1. The highest BCUT2D eigenvalue weighted by Crippen LogP contribution is 2.24. The van der Waals surface area contributed by atoms with Crippen LogP contribution in [0.2, 0.25) is 0 Å². The molecule has 1 aliphatic rings. The highest BCUT2D eigenvalue weighted by molar-refractivity contribution is 6.02. The van der Waals surface area contributed by atoms with E-state index in [9.17, 15) is 4.79 Å². The SMILES string of the molecule is Cc1cccc2c1N[C@@H](/C=C\c1ccco1)NC2=O. The third-order valence-corrected chi connectivity index (χ3v) is 3.10. The zero-order valence-corrected chi connectivity index (χ0v) is 10.5. The third-order valence-electron chi connectivity index (χ3n) is 3.10. The summed E-state index contributed by atoms with van der Waals surface area (Å²) in [4.78, 5) is 12.0. The zero-order valence-electron chi connectivity index (χ0n) is 10.5. The number of furan rings is 1. The lowest BCUT2D eigenvalue weighted by Gasteiger charge is -2.26. The van der Waals surface area contributed by atoms with Crippen molar-refractivity contribution in [1.29, 1.82) is 0 Å². The Labute approximate surface area is 111 Å². The van der Waals surface area contributed by atoms with Crippen molar-refractivity contribution in [2.75, 3.05) is 5.32 Å². The molecule has 2 aromatic rings. The molecule has 0 saturated carbocycles. The Hall–Kier alpha value is -2.49. The minimum Gasteiger partial charge on any atom is -0.465 e. The lowest BCUT2D eigenvalue weighted by Crippen LogP contribution is -2.43. The highest BCUT2D eigenvalue weighted by Gasteiger charge is 2.22. The molecule has 1 aromatic heterocycles. The Balaban J connectivity index is 1.85. The monoisotopic (exact) mass is 254 g/mol. The van der Waals surface area contributed by atoms with Crippen molar-refractivity contribution >= 4 is 17.7 Å². The lowest BCUT2D eigenvalue weighted by atomic mass is 10.0. The van der Waals surface area contributed by atoms with Gasteiger partial charge in [-0.25, -0.2) is 0 Å². The molecule has 0 bridgehead atoms. The van der Waals surface area contributed by atoms with Gasteiger partial charge < -0.3 is 15.1 Å². The minimum absolute atomic E-state index is 0.0634. The topological polar surface area (TPSA) is 54.3 Å².